The quantitative estimate of drug-likeness (QED) is 0.592. The molecule has 3 N–H and O–H groups in total. The lowest BCUT2D eigenvalue weighted by Gasteiger charge is -2.34. The topological polar surface area (TPSA) is 70.6 Å². The van der Waals surface area contributed by atoms with Crippen LogP contribution >= 0.6 is 11.8 Å². The van der Waals surface area contributed by atoms with Gasteiger partial charge in [0.1, 0.15) is 0 Å². The highest BCUT2D eigenvalue weighted by Gasteiger charge is 2.27. The summed E-state index contributed by atoms with van der Waals surface area (Å²) in [5.41, 5.74) is 0.877. The molecular formula is C8H12N2O3S. The fourth-order valence-corrected chi connectivity index (χ4v) is 2.63. The Bertz CT molecular complexity index is 269. The predicted molar refractivity (Wildman–Crippen MR) is 52.9 cm³/mol. The summed E-state index contributed by atoms with van der Waals surface area (Å²) in [7, 11) is 0. The van der Waals surface area contributed by atoms with Gasteiger partial charge in [0, 0.05) is 17.4 Å². The standard InChI is InChI=1S/C8H12N2O3S/c11-8(12)10-7-9-6-1-2-13-3-5(6)4-14-7/h1,5,7,9-10H,2-4H2,(H,11,12). The second-order valence-electron chi connectivity index (χ2n) is 3.20. The first-order valence-corrected chi connectivity index (χ1v) is 5.46. The zero-order valence-electron chi connectivity index (χ0n) is 7.53. The van der Waals surface area contributed by atoms with Crippen LogP contribution in [-0.4, -0.2) is 35.7 Å². The van der Waals surface area contributed by atoms with Crippen LogP contribution in [0.1, 0.15) is 0 Å². The number of ether oxygens (including phenoxy) is 1. The van der Waals surface area contributed by atoms with Crippen molar-refractivity contribution in [3.05, 3.63) is 11.8 Å². The van der Waals surface area contributed by atoms with Gasteiger partial charge in [-0.1, -0.05) is 0 Å². The molecule has 0 aliphatic carbocycles. The molecule has 14 heavy (non-hydrogen) atoms. The Balaban J connectivity index is 1.95. The van der Waals surface area contributed by atoms with Crippen LogP contribution in [-0.2, 0) is 4.74 Å². The molecule has 0 radical (unpaired) electrons. The van der Waals surface area contributed by atoms with Crippen molar-refractivity contribution < 1.29 is 14.6 Å². The van der Waals surface area contributed by atoms with Gasteiger partial charge in [-0.3, -0.25) is 5.32 Å². The Morgan fingerprint density at radius 2 is 2.64 bits per heavy atom. The number of hydrogen-bond acceptors (Lipinski definition) is 4. The molecule has 2 unspecified atom stereocenters. The fraction of sp³-hybridized carbons (Fsp3) is 0.625. The number of hydrogen-bond donors (Lipinski definition) is 3. The molecule has 1 saturated heterocycles. The first kappa shape index (κ1) is 9.67. The number of fused-ring (bicyclic) bond motifs is 1. The Morgan fingerprint density at radius 3 is 3.43 bits per heavy atom. The van der Waals surface area contributed by atoms with Crippen LogP contribution in [0.4, 0.5) is 4.79 Å². The van der Waals surface area contributed by atoms with Crippen molar-refractivity contribution in [2.75, 3.05) is 19.0 Å². The predicted octanol–water partition coefficient (Wildman–Crippen LogP) is 0.404. The van der Waals surface area contributed by atoms with Crippen molar-refractivity contribution in [1.82, 2.24) is 10.6 Å². The van der Waals surface area contributed by atoms with Gasteiger partial charge >= 0.3 is 6.09 Å². The first-order valence-electron chi connectivity index (χ1n) is 4.41. The summed E-state index contributed by atoms with van der Waals surface area (Å²) in [6, 6.07) is 0. The van der Waals surface area contributed by atoms with Crippen LogP contribution in [0.2, 0.25) is 0 Å². The van der Waals surface area contributed by atoms with Gasteiger partial charge < -0.3 is 15.2 Å². The van der Waals surface area contributed by atoms with E-state index in [1.165, 1.54) is 0 Å². The number of carbonyl (C=O) groups is 1. The van der Waals surface area contributed by atoms with Crippen LogP contribution in [0.3, 0.4) is 0 Å². The van der Waals surface area contributed by atoms with Crippen LogP contribution in [0.25, 0.3) is 0 Å². The molecule has 2 atom stereocenters. The van der Waals surface area contributed by atoms with Crippen LogP contribution in [0, 0.1) is 5.92 Å². The highest BCUT2D eigenvalue weighted by atomic mass is 32.2. The van der Waals surface area contributed by atoms with E-state index < -0.39 is 6.09 Å². The zero-order chi connectivity index (χ0) is 9.97. The Labute approximate surface area is 85.9 Å². The number of thioether (sulfide) groups is 1. The summed E-state index contributed by atoms with van der Waals surface area (Å²) < 4.78 is 5.29. The van der Waals surface area contributed by atoms with Gasteiger partial charge in [0.2, 0.25) is 0 Å². The second-order valence-corrected chi connectivity index (χ2v) is 4.34. The van der Waals surface area contributed by atoms with Gasteiger partial charge in [0.25, 0.3) is 0 Å². The second kappa shape index (κ2) is 4.10. The maximum absolute atomic E-state index is 10.4. The van der Waals surface area contributed by atoms with Crippen LogP contribution in [0.5, 0.6) is 0 Å². The Morgan fingerprint density at radius 1 is 1.79 bits per heavy atom. The van der Waals surface area contributed by atoms with Crippen molar-refractivity contribution in [2.24, 2.45) is 5.92 Å². The van der Waals surface area contributed by atoms with Gasteiger partial charge in [-0.15, -0.1) is 11.8 Å². The molecule has 5 nitrogen and oxygen atoms in total. The normalized spacial score (nSPS) is 31.0. The van der Waals surface area contributed by atoms with Crippen molar-refractivity contribution in [1.29, 1.82) is 0 Å². The lowest BCUT2D eigenvalue weighted by atomic mass is 10.1. The lowest BCUT2D eigenvalue weighted by molar-refractivity contribution is 0.121. The molecule has 2 aliphatic rings. The van der Waals surface area contributed by atoms with Gasteiger partial charge in [0.15, 0.2) is 5.50 Å². The van der Waals surface area contributed by atoms with Gasteiger partial charge in [-0.2, -0.15) is 0 Å². The van der Waals surface area contributed by atoms with Gasteiger partial charge in [-0.05, 0) is 6.08 Å². The monoisotopic (exact) mass is 216 g/mol. The molecule has 1 fully saturated rings. The summed E-state index contributed by atoms with van der Waals surface area (Å²) in [6.07, 6.45) is 0.978. The van der Waals surface area contributed by atoms with Crippen molar-refractivity contribution >= 4 is 17.9 Å². The van der Waals surface area contributed by atoms with E-state index in [2.05, 4.69) is 10.6 Å². The third-order valence-electron chi connectivity index (χ3n) is 2.20. The first-order chi connectivity index (χ1) is 6.75. The molecule has 0 aromatic heterocycles. The van der Waals surface area contributed by atoms with Crippen LogP contribution in [0.15, 0.2) is 11.8 Å². The smallest absolute Gasteiger partial charge is 0.406 e. The third kappa shape index (κ3) is 2.13. The number of rotatable bonds is 1. The Hall–Kier alpha value is -0.880. The SMILES string of the molecule is O=C(O)NC1NC2=CCOCC2CS1. The van der Waals surface area contributed by atoms with E-state index in [0.717, 1.165) is 18.1 Å². The molecule has 2 rings (SSSR count). The van der Waals surface area contributed by atoms with E-state index in [4.69, 9.17) is 9.84 Å². The molecule has 2 heterocycles. The average molecular weight is 216 g/mol. The molecule has 0 aromatic carbocycles. The molecule has 0 saturated carbocycles. The summed E-state index contributed by atoms with van der Waals surface area (Å²) in [5, 5.41) is 14.1. The van der Waals surface area contributed by atoms with Crippen LogP contribution < -0.4 is 10.6 Å². The largest absolute Gasteiger partial charge is 0.465 e. The van der Waals surface area contributed by atoms with E-state index in [-0.39, 0.29) is 5.50 Å². The maximum Gasteiger partial charge on any atom is 0.406 e. The van der Waals surface area contributed by atoms with Crippen molar-refractivity contribution in [3.63, 3.8) is 0 Å². The molecule has 6 heteroatoms. The zero-order valence-corrected chi connectivity index (χ0v) is 8.34. The van der Waals surface area contributed by atoms with E-state index in [1.807, 2.05) is 6.08 Å². The summed E-state index contributed by atoms with van der Waals surface area (Å²) in [5.74, 6) is 1.28. The van der Waals surface area contributed by atoms with Gasteiger partial charge in [-0.25, -0.2) is 4.79 Å². The minimum atomic E-state index is -0.999. The van der Waals surface area contributed by atoms with E-state index >= 15 is 0 Å². The highest BCUT2D eigenvalue weighted by Crippen LogP contribution is 2.26. The van der Waals surface area contributed by atoms with E-state index in [1.54, 1.807) is 11.8 Å². The number of amides is 1. The summed E-state index contributed by atoms with van der Waals surface area (Å²) >= 11 is 1.55. The highest BCUT2D eigenvalue weighted by molar-refractivity contribution is 7.99. The van der Waals surface area contributed by atoms with Crippen molar-refractivity contribution in [2.45, 2.75) is 5.50 Å². The molecule has 1 amide bonds. The Kier molecular flexibility index (Phi) is 2.83. The average Bonchev–Trinajstić information content (AvgIpc) is 2.17. The minimum Gasteiger partial charge on any atom is -0.465 e. The van der Waals surface area contributed by atoms with E-state index in [9.17, 15) is 4.79 Å². The van der Waals surface area contributed by atoms with E-state index in [0.29, 0.717) is 12.5 Å². The maximum atomic E-state index is 10.4. The lowest BCUT2D eigenvalue weighted by Crippen LogP contribution is -2.48. The fourth-order valence-electron chi connectivity index (χ4n) is 1.53. The summed E-state index contributed by atoms with van der Waals surface area (Å²) in [6.45, 7) is 1.34. The molecule has 2 aliphatic heterocycles. The number of carboxylic acid groups (broad SMARTS) is 1. The molecule has 0 bridgehead atoms. The number of nitrogens with one attached hydrogen (secondary N) is 2. The minimum absolute atomic E-state index is 0.229. The molecular weight excluding hydrogens is 204 g/mol. The third-order valence-corrected chi connectivity index (χ3v) is 3.36. The van der Waals surface area contributed by atoms with Crippen molar-refractivity contribution in [3.8, 4) is 0 Å². The van der Waals surface area contributed by atoms with Gasteiger partial charge in [0.05, 0.1) is 13.2 Å². The summed E-state index contributed by atoms with van der Waals surface area (Å²) in [4.78, 5) is 10.4. The molecule has 0 aromatic rings. The molecule has 0 spiro atoms. The molecule has 78 valence electrons.